The highest BCUT2D eigenvalue weighted by Crippen LogP contribution is 2.31. The van der Waals surface area contributed by atoms with Crippen LogP contribution in [0.3, 0.4) is 0 Å². The van der Waals surface area contributed by atoms with Crippen molar-refractivity contribution in [2.75, 3.05) is 23.3 Å². The predicted molar refractivity (Wildman–Crippen MR) is 92.4 cm³/mol. The summed E-state index contributed by atoms with van der Waals surface area (Å²) < 4.78 is 24.3. The Morgan fingerprint density at radius 2 is 1.82 bits per heavy atom. The molecule has 5 nitrogen and oxygen atoms in total. The van der Waals surface area contributed by atoms with E-state index >= 15 is 0 Å². The van der Waals surface area contributed by atoms with Crippen LogP contribution in [0.15, 0.2) is 36.4 Å². The number of rotatable bonds is 4. The second-order valence-electron chi connectivity index (χ2n) is 4.88. The summed E-state index contributed by atoms with van der Waals surface area (Å²) in [6, 6.07) is 10.3. The Hall–Kier alpha value is -2.05. The molecule has 7 heteroatoms. The molecule has 0 bridgehead atoms. The SMILES string of the molecule is CN(c1ccc(-c2cc(Cl)cc(N)c2C=N)cc1)S(C)(=O)=O. The van der Waals surface area contributed by atoms with E-state index in [0.717, 1.165) is 17.4 Å². The van der Waals surface area contributed by atoms with Crippen LogP contribution in [0.2, 0.25) is 5.02 Å². The van der Waals surface area contributed by atoms with Gasteiger partial charge in [-0.2, -0.15) is 0 Å². The van der Waals surface area contributed by atoms with E-state index < -0.39 is 10.0 Å². The van der Waals surface area contributed by atoms with Gasteiger partial charge >= 0.3 is 0 Å². The summed E-state index contributed by atoms with van der Waals surface area (Å²) >= 11 is 6.03. The fourth-order valence-corrected chi connectivity index (χ4v) is 2.81. The molecule has 0 saturated carbocycles. The standard InChI is InChI=1S/C15H16ClN3O2S/c1-19(22(2,20)21)12-5-3-10(4-6-12)13-7-11(16)8-15(18)14(13)9-17/h3-9,17H,18H2,1-2H3. The zero-order valence-corrected chi connectivity index (χ0v) is 13.7. The molecule has 0 heterocycles. The van der Waals surface area contributed by atoms with Crippen molar-refractivity contribution in [1.29, 1.82) is 5.41 Å². The second-order valence-corrected chi connectivity index (χ2v) is 7.33. The highest BCUT2D eigenvalue weighted by molar-refractivity contribution is 7.92. The first-order chi connectivity index (χ1) is 10.2. The maximum Gasteiger partial charge on any atom is 0.231 e. The van der Waals surface area contributed by atoms with Crippen LogP contribution in [-0.2, 0) is 10.0 Å². The Kier molecular flexibility index (Phi) is 4.44. The molecule has 0 aliphatic rings. The topological polar surface area (TPSA) is 87.2 Å². The van der Waals surface area contributed by atoms with E-state index in [0.29, 0.717) is 22.0 Å². The van der Waals surface area contributed by atoms with Gasteiger partial charge in [-0.15, -0.1) is 0 Å². The monoisotopic (exact) mass is 337 g/mol. The van der Waals surface area contributed by atoms with Gasteiger partial charge in [-0.3, -0.25) is 4.31 Å². The molecule has 0 radical (unpaired) electrons. The van der Waals surface area contributed by atoms with Crippen molar-refractivity contribution in [1.82, 2.24) is 0 Å². The normalized spacial score (nSPS) is 11.2. The van der Waals surface area contributed by atoms with Gasteiger partial charge in [-0.25, -0.2) is 8.42 Å². The molecule has 0 atom stereocenters. The number of hydrogen-bond donors (Lipinski definition) is 2. The van der Waals surface area contributed by atoms with Crippen molar-refractivity contribution < 1.29 is 8.42 Å². The minimum atomic E-state index is -3.30. The zero-order chi connectivity index (χ0) is 16.5. The maximum absolute atomic E-state index is 11.5. The minimum absolute atomic E-state index is 0.426. The van der Waals surface area contributed by atoms with E-state index in [2.05, 4.69) is 0 Å². The number of nitrogens with one attached hydrogen (secondary N) is 1. The van der Waals surface area contributed by atoms with Gasteiger partial charge in [0.15, 0.2) is 0 Å². The molecule has 2 aromatic carbocycles. The van der Waals surface area contributed by atoms with Gasteiger partial charge in [0.25, 0.3) is 0 Å². The van der Waals surface area contributed by atoms with Gasteiger partial charge in [-0.05, 0) is 35.4 Å². The van der Waals surface area contributed by atoms with Crippen LogP contribution in [-0.4, -0.2) is 27.9 Å². The number of nitrogens with zero attached hydrogens (tertiary/aromatic N) is 1. The Bertz CT molecular complexity index is 817. The Morgan fingerprint density at radius 1 is 1.23 bits per heavy atom. The average molecular weight is 338 g/mol. The molecular formula is C15H16ClN3O2S. The molecule has 2 aromatic rings. The van der Waals surface area contributed by atoms with Gasteiger partial charge in [0.05, 0.1) is 11.9 Å². The van der Waals surface area contributed by atoms with Gasteiger partial charge in [0.1, 0.15) is 0 Å². The summed E-state index contributed by atoms with van der Waals surface area (Å²) in [6.07, 6.45) is 2.32. The minimum Gasteiger partial charge on any atom is -0.398 e. The Balaban J connectivity index is 2.50. The summed E-state index contributed by atoms with van der Waals surface area (Å²) in [7, 11) is -1.81. The maximum atomic E-state index is 11.5. The van der Waals surface area contributed by atoms with Crippen molar-refractivity contribution in [3.8, 4) is 11.1 Å². The largest absolute Gasteiger partial charge is 0.398 e. The number of anilines is 2. The molecule has 2 rings (SSSR count). The summed E-state index contributed by atoms with van der Waals surface area (Å²) in [4.78, 5) is 0. The highest BCUT2D eigenvalue weighted by Gasteiger charge is 2.13. The molecule has 3 N–H and O–H groups in total. The molecule has 0 unspecified atom stereocenters. The lowest BCUT2D eigenvalue weighted by Crippen LogP contribution is -2.24. The predicted octanol–water partition coefficient (Wildman–Crippen LogP) is 2.98. The lowest BCUT2D eigenvalue weighted by Gasteiger charge is -2.17. The van der Waals surface area contributed by atoms with Crippen molar-refractivity contribution >= 4 is 39.2 Å². The van der Waals surface area contributed by atoms with Crippen molar-refractivity contribution in [2.24, 2.45) is 0 Å². The van der Waals surface area contributed by atoms with E-state index in [4.69, 9.17) is 22.7 Å². The third kappa shape index (κ3) is 3.23. The molecule has 0 aliphatic heterocycles. The van der Waals surface area contributed by atoms with E-state index in [-0.39, 0.29) is 0 Å². The quantitative estimate of drug-likeness (QED) is 0.664. The molecule has 0 saturated heterocycles. The lowest BCUT2D eigenvalue weighted by atomic mass is 9.98. The lowest BCUT2D eigenvalue weighted by molar-refractivity contribution is 0.600. The third-order valence-corrected chi connectivity index (χ3v) is 4.78. The molecule has 0 amide bonds. The summed E-state index contributed by atoms with van der Waals surface area (Å²) in [5.74, 6) is 0. The first-order valence-electron chi connectivity index (χ1n) is 6.38. The zero-order valence-electron chi connectivity index (χ0n) is 12.2. The van der Waals surface area contributed by atoms with Crippen molar-refractivity contribution in [3.05, 3.63) is 47.0 Å². The first kappa shape index (κ1) is 16.3. The van der Waals surface area contributed by atoms with Crippen LogP contribution in [0.5, 0.6) is 0 Å². The molecule has 0 aromatic heterocycles. The summed E-state index contributed by atoms with van der Waals surface area (Å²) in [5.41, 5.74) is 8.97. The van der Waals surface area contributed by atoms with Crippen LogP contribution in [0, 0.1) is 5.41 Å². The van der Waals surface area contributed by atoms with Crippen molar-refractivity contribution in [2.45, 2.75) is 0 Å². The molecule has 116 valence electrons. The molecule has 0 fully saturated rings. The number of nitrogens with two attached hydrogens (primary N) is 1. The number of nitrogen functional groups attached to an aromatic ring is 1. The van der Waals surface area contributed by atoms with Crippen molar-refractivity contribution in [3.63, 3.8) is 0 Å². The van der Waals surface area contributed by atoms with E-state index in [1.165, 1.54) is 17.6 Å². The molecule has 22 heavy (non-hydrogen) atoms. The van der Waals surface area contributed by atoms with Crippen LogP contribution in [0.25, 0.3) is 11.1 Å². The smallest absolute Gasteiger partial charge is 0.231 e. The van der Waals surface area contributed by atoms with E-state index in [9.17, 15) is 8.42 Å². The Labute approximate surface area is 134 Å². The summed E-state index contributed by atoms with van der Waals surface area (Å²) in [6.45, 7) is 0. The van der Waals surface area contributed by atoms with Gasteiger partial charge in [0.2, 0.25) is 10.0 Å². The number of halogens is 1. The fraction of sp³-hybridized carbons (Fsp3) is 0.133. The van der Waals surface area contributed by atoms with Gasteiger partial charge < -0.3 is 11.1 Å². The number of benzene rings is 2. The average Bonchev–Trinajstić information content (AvgIpc) is 2.45. The second kappa shape index (κ2) is 5.98. The molecule has 0 spiro atoms. The highest BCUT2D eigenvalue weighted by atomic mass is 35.5. The summed E-state index contributed by atoms with van der Waals surface area (Å²) in [5, 5.41) is 7.98. The van der Waals surface area contributed by atoms with Crippen LogP contribution >= 0.6 is 11.6 Å². The van der Waals surface area contributed by atoms with Gasteiger partial charge in [0, 0.05) is 29.5 Å². The third-order valence-electron chi connectivity index (χ3n) is 3.36. The molecule has 0 aliphatic carbocycles. The van der Waals surface area contributed by atoms with Gasteiger partial charge in [-0.1, -0.05) is 23.7 Å². The van der Waals surface area contributed by atoms with E-state index in [1.54, 1.807) is 36.4 Å². The molecular weight excluding hydrogens is 322 g/mol. The van der Waals surface area contributed by atoms with Crippen LogP contribution in [0.1, 0.15) is 5.56 Å². The number of sulfonamides is 1. The van der Waals surface area contributed by atoms with E-state index in [1.807, 2.05) is 0 Å². The fourth-order valence-electron chi connectivity index (χ4n) is 2.08. The van der Waals surface area contributed by atoms with Crippen LogP contribution < -0.4 is 10.0 Å². The number of hydrogen-bond acceptors (Lipinski definition) is 4. The first-order valence-corrected chi connectivity index (χ1v) is 8.60. The van der Waals surface area contributed by atoms with Crippen LogP contribution in [0.4, 0.5) is 11.4 Å². The Morgan fingerprint density at radius 3 is 2.32 bits per heavy atom.